The summed E-state index contributed by atoms with van der Waals surface area (Å²) in [4.78, 5) is 15.7. The third kappa shape index (κ3) is 4.60. The normalized spacial score (nSPS) is 15.5. The Kier molecular flexibility index (Phi) is 6.84. The molecule has 0 bridgehead atoms. The molecule has 0 saturated heterocycles. The highest BCUT2D eigenvalue weighted by Crippen LogP contribution is 2.41. The number of methoxy groups -OCH3 is 1. The third-order valence-electron chi connectivity index (χ3n) is 7.06. The largest absolute Gasteiger partial charge is 0.496 e. The summed E-state index contributed by atoms with van der Waals surface area (Å²) in [5.74, 6) is 1.94. The van der Waals surface area contributed by atoms with Crippen LogP contribution in [0, 0.1) is 11.2 Å². The second-order valence-corrected chi connectivity index (χ2v) is 9.52. The van der Waals surface area contributed by atoms with Crippen LogP contribution in [0.5, 0.6) is 5.75 Å². The van der Waals surface area contributed by atoms with E-state index in [9.17, 15) is 4.39 Å². The van der Waals surface area contributed by atoms with Crippen LogP contribution in [0.25, 0.3) is 5.70 Å². The van der Waals surface area contributed by atoms with Crippen molar-refractivity contribution in [3.05, 3.63) is 77.4 Å². The van der Waals surface area contributed by atoms with Gasteiger partial charge in [-0.3, -0.25) is 5.41 Å². The minimum absolute atomic E-state index is 0.214. The number of fused-ring (bicyclic) bond motifs is 1. The number of anilines is 2. The van der Waals surface area contributed by atoms with Crippen molar-refractivity contribution in [2.24, 2.45) is 4.99 Å². The smallest absolute Gasteiger partial charge is 0.141 e. The summed E-state index contributed by atoms with van der Waals surface area (Å²) in [5.41, 5.74) is 10.8. The van der Waals surface area contributed by atoms with E-state index in [1.54, 1.807) is 13.2 Å². The van der Waals surface area contributed by atoms with Crippen LogP contribution < -0.4 is 15.8 Å². The molecule has 0 spiro atoms. The molecule has 196 valence electrons. The van der Waals surface area contributed by atoms with Crippen molar-refractivity contribution in [3.8, 4) is 5.75 Å². The van der Waals surface area contributed by atoms with Crippen LogP contribution in [0.4, 0.5) is 21.7 Å². The van der Waals surface area contributed by atoms with Crippen LogP contribution in [0.2, 0.25) is 0 Å². The number of amidine groups is 1. The summed E-state index contributed by atoms with van der Waals surface area (Å²) < 4.78 is 19.5. The number of hydrogen-bond acceptors (Lipinski definition) is 8. The van der Waals surface area contributed by atoms with E-state index in [-0.39, 0.29) is 29.4 Å². The van der Waals surface area contributed by atoms with Gasteiger partial charge in [-0.2, -0.15) is 0 Å². The fourth-order valence-electron chi connectivity index (χ4n) is 4.89. The zero-order valence-corrected chi connectivity index (χ0v) is 21.9. The van der Waals surface area contributed by atoms with Crippen LogP contribution in [0.1, 0.15) is 55.4 Å². The standard InChI is InChI=1S/C29H32FN7O/c1-5-17-13-18(7-12-24(17)38-4)26(31)25-27(32)33-15-34-28(25)35-22(6-2)29-36-23-11-8-19(30)14-21(23)16(3)37(29)20-9-10-20/h7-8,11-15,20,22,31H,3,5-6,9-10H2,1-2,4H3,(H3,32,33,34,35). The average molecular weight is 514 g/mol. The minimum Gasteiger partial charge on any atom is -0.496 e. The molecule has 1 unspecified atom stereocenters. The van der Waals surface area contributed by atoms with Gasteiger partial charge in [0, 0.05) is 22.9 Å². The summed E-state index contributed by atoms with van der Waals surface area (Å²) in [6.45, 7) is 8.40. The van der Waals surface area contributed by atoms with Gasteiger partial charge in [-0.15, -0.1) is 0 Å². The number of aliphatic imine (C=N–C) groups is 1. The number of aromatic nitrogens is 2. The molecule has 1 fully saturated rings. The van der Waals surface area contributed by atoms with Crippen LogP contribution in [-0.2, 0) is 6.42 Å². The number of aryl methyl sites for hydroxylation is 1. The lowest BCUT2D eigenvalue weighted by atomic mass is 9.99. The number of nitrogen functional groups attached to an aromatic ring is 1. The van der Waals surface area contributed by atoms with E-state index < -0.39 is 0 Å². The van der Waals surface area contributed by atoms with Crippen molar-refractivity contribution in [2.45, 2.75) is 51.6 Å². The number of benzene rings is 2. The van der Waals surface area contributed by atoms with E-state index in [2.05, 4.69) is 33.7 Å². The van der Waals surface area contributed by atoms with Gasteiger partial charge in [-0.05, 0) is 67.6 Å². The number of hydrogen-bond donors (Lipinski definition) is 3. The molecule has 8 nitrogen and oxygen atoms in total. The summed E-state index contributed by atoms with van der Waals surface area (Å²) in [6, 6.07) is 10.3. The van der Waals surface area contributed by atoms with Crippen LogP contribution in [0.3, 0.4) is 0 Å². The van der Waals surface area contributed by atoms with Gasteiger partial charge in [0.25, 0.3) is 0 Å². The van der Waals surface area contributed by atoms with E-state index in [1.165, 1.54) is 18.5 Å². The molecular formula is C29H32FN7O. The maximum absolute atomic E-state index is 14.0. The Labute approximate surface area is 222 Å². The quantitative estimate of drug-likeness (QED) is 0.323. The molecule has 1 aromatic heterocycles. The SMILES string of the molecule is C=C1c2cc(F)ccc2N=C(C(CC)Nc2ncnc(N)c2C(=N)c2ccc(OC)c(CC)c2)N1C1CC1. The Balaban J connectivity index is 1.53. The molecule has 2 aromatic carbocycles. The maximum atomic E-state index is 14.0. The molecular weight excluding hydrogens is 481 g/mol. The van der Waals surface area contributed by atoms with Gasteiger partial charge >= 0.3 is 0 Å². The lowest BCUT2D eigenvalue weighted by molar-refractivity contribution is 0.410. The third-order valence-corrected chi connectivity index (χ3v) is 7.06. The van der Waals surface area contributed by atoms with Gasteiger partial charge in [0.2, 0.25) is 0 Å². The van der Waals surface area contributed by atoms with Crippen LogP contribution >= 0.6 is 0 Å². The zero-order valence-electron chi connectivity index (χ0n) is 21.9. The van der Waals surface area contributed by atoms with Crippen LogP contribution in [-0.4, -0.2) is 45.6 Å². The summed E-state index contributed by atoms with van der Waals surface area (Å²) in [5, 5.41) is 12.5. The van der Waals surface area contributed by atoms with Gasteiger partial charge in [0.05, 0.1) is 30.1 Å². The first-order chi connectivity index (χ1) is 18.4. The highest BCUT2D eigenvalue weighted by molar-refractivity contribution is 6.16. The van der Waals surface area contributed by atoms with Gasteiger partial charge in [-0.25, -0.2) is 19.4 Å². The summed E-state index contributed by atoms with van der Waals surface area (Å²) >= 11 is 0. The van der Waals surface area contributed by atoms with Gasteiger partial charge < -0.3 is 20.7 Å². The Morgan fingerprint density at radius 3 is 2.71 bits per heavy atom. The molecule has 1 aliphatic carbocycles. The molecule has 2 heterocycles. The van der Waals surface area contributed by atoms with Crippen molar-refractivity contribution in [1.29, 1.82) is 5.41 Å². The Bertz CT molecular complexity index is 1450. The molecule has 1 atom stereocenters. The Morgan fingerprint density at radius 2 is 2.03 bits per heavy atom. The fraction of sp³-hybridized carbons (Fsp3) is 0.310. The van der Waals surface area contributed by atoms with E-state index >= 15 is 0 Å². The number of ether oxygens (including phenoxy) is 1. The van der Waals surface area contributed by atoms with Crippen molar-refractivity contribution in [1.82, 2.24) is 14.9 Å². The van der Waals surface area contributed by atoms with Crippen molar-refractivity contribution >= 4 is 34.6 Å². The predicted octanol–water partition coefficient (Wildman–Crippen LogP) is 5.55. The molecule has 3 aromatic rings. The molecule has 38 heavy (non-hydrogen) atoms. The molecule has 0 radical (unpaired) electrons. The van der Waals surface area contributed by atoms with Crippen molar-refractivity contribution in [2.75, 3.05) is 18.2 Å². The molecule has 2 aliphatic rings. The highest BCUT2D eigenvalue weighted by atomic mass is 19.1. The van der Waals surface area contributed by atoms with E-state index in [0.717, 1.165) is 42.1 Å². The first-order valence-corrected chi connectivity index (χ1v) is 12.9. The molecule has 0 amide bonds. The van der Waals surface area contributed by atoms with E-state index in [1.807, 2.05) is 25.1 Å². The maximum Gasteiger partial charge on any atom is 0.141 e. The molecule has 1 aliphatic heterocycles. The number of halogens is 1. The van der Waals surface area contributed by atoms with E-state index in [4.69, 9.17) is 20.9 Å². The summed E-state index contributed by atoms with van der Waals surface area (Å²) in [6.07, 6.45) is 4.88. The zero-order chi connectivity index (χ0) is 27.0. The molecule has 5 rings (SSSR count). The first kappa shape index (κ1) is 25.4. The lowest BCUT2D eigenvalue weighted by Gasteiger charge is -2.36. The topological polar surface area (TPSA) is 113 Å². The second kappa shape index (κ2) is 10.2. The van der Waals surface area contributed by atoms with Crippen molar-refractivity contribution in [3.63, 3.8) is 0 Å². The number of nitrogens with one attached hydrogen (secondary N) is 2. The Hall–Kier alpha value is -4.27. The van der Waals surface area contributed by atoms with Crippen LogP contribution in [0.15, 0.2) is 54.3 Å². The van der Waals surface area contributed by atoms with Gasteiger partial charge in [0.1, 0.15) is 35.4 Å². The summed E-state index contributed by atoms with van der Waals surface area (Å²) in [7, 11) is 1.64. The number of nitrogens with two attached hydrogens (primary N) is 1. The molecule has 9 heteroatoms. The predicted molar refractivity (Wildman–Crippen MR) is 150 cm³/mol. The van der Waals surface area contributed by atoms with E-state index in [0.29, 0.717) is 34.6 Å². The number of rotatable bonds is 9. The van der Waals surface area contributed by atoms with Crippen molar-refractivity contribution < 1.29 is 9.13 Å². The fourth-order valence-corrected chi connectivity index (χ4v) is 4.89. The monoisotopic (exact) mass is 513 g/mol. The van der Waals surface area contributed by atoms with Gasteiger partial charge in [-0.1, -0.05) is 20.4 Å². The minimum atomic E-state index is -0.311. The average Bonchev–Trinajstić information content (AvgIpc) is 3.76. The Morgan fingerprint density at radius 1 is 1.24 bits per heavy atom. The lowest BCUT2D eigenvalue weighted by Crippen LogP contribution is -2.44. The molecule has 1 saturated carbocycles. The second-order valence-electron chi connectivity index (χ2n) is 9.52. The van der Waals surface area contributed by atoms with Gasteiger partial charge in [0.15, 0.2) is 0 Å². The first-order valence-electron chi connectivity index (χ1n) is 12.9. The highest BCUT2D eigenvalue weighted by Gasteiger charge is 2.39. The number of nitrogens with zero attached hydrogens (tertiary/aromatic N) is 4. The molecule has 4 N–H and O–H groups in total.